The number of aromatic nitrogens is 3. The number of para-hydroxylation sites is 1. The molecule has 6 heteroatoms. The van der Waals surface area contributed by atoms with Gasteiger partial charge in [-0.25, -0.2) is 14.5 Å². The standard InChI is InChI=1S/C21H14ClN3O2/c1-12-17-18(13-7-9-14(22)10-8-13)19-16(11-27-21(19)26)23-20(17)25(24-12)15-5-3-2-4-6-15/h2-10H,11H2,1H3. The largest absolute Gasteiger partial charge is 0.455 e. The molecule has 27 heavy (non-hydrogen) atoms. The number of pyridine rings is 1. The molecule has 1 aliphatic rings. The quantitative estimate of drug-likeness (QED) is 0.476. The van der Waals surface area contributed by atoms with Gasteiger partial charge in [0.15, 0.2) is 5.65 Å². The number of rotatable bonds is 2. The molecular weight excluding hydrogens is 362 g/mol. The van der Waals surface area contributed by atoms with Gasteiger partial charge in [0.2, 0.25) is 0 Å². The van der Waals surface area contributed by atoms with Gasteiger partial charge < -0.3 is 4.74 Å². The summed E-state index contributed by atoms with van der Waals surface area (Å²) >= 11 is 6.06. The number of esters is 1. The molecular formula is C21H14ClN3O2. The predicted molar refractivity (Wildman–Crippen MR) is 103 cm³/mol. The van der Waals surface area contributed by atoms with E-state index in [1.807, 2.05) is 66.2 Å². The normalized spacial score (nSPS) is 13.0. The molecule has 4 aromatic rings. The molecule has 0 saturated carbocycles. The third kappa shape index (κ3) is 2.43. The fourth-order valence-corrected chi connectivity index (χ4v) is 3.67. The zero-order chi connectivity index (χ0) is 18.5. The van der Waals surface area contributed by atoms with E-state index in [0.29, 0.717) is 21.9 Å². The summed E-state index contributed by atoms with van der Waals surface area (Å²) in [5.74, 6) is -0.351. The summed E-state index contributed by atoms with van der Waals surface area (Å²) < 4.78 is 7.09. The van der Waals surface area contributed by atoms with Crippen molar-refractivity contribution in [2.75, 3.05) is 0 Å². The third-order valence-electron chi connectivity index (χ3n) is 4.74. The van der Waals surface area contributed by atoms with Crippen LogP contribution in [-0.2, 0) is 11.3 Å². The Labute approximate surface area is 160 Å². The van der Waals surface area contributed by atoms with Gasteiger partial charge >= 0.3 is 5.97 Å². The summed E-state index contributed by atoms with van der Waals surface area (Å²) in [5, 5.41) is 6.19. The lowest BCUT2D eigenvalue weighted by molar-refractivity contribution is 0.0534. The summed E-state index contributed by atoms with van der Waals surface area (Å²) in [7, 11) is 0. The van der Waals surface area contributed by atoms with Crippen LogP contribution in [0.15, 0.2) is 54.6 Å². The zero-order valence-corrected chi connectivity index (χ0v) is 15.2. The average Bonchev–Trinajstić information content (AvgIpc) is 3.22. The van der Waals surface area contributed by atoms with E-state index in [4.69, 9.17) is 26.4 Å². The fourth-order valence-electron chi connectivity index (χ4n) is 3.55. The zero-order valence-electron chi connectivity index (χ0n) is 14.4. The molecule has 0 atom stereocenters. The lowest BCUT2D eigenvalue weighted by Gasteiger charge is -2.09. The average molecular weight is 376 g/mol. The van der Waals surface area contributed by atoms with Gasteiger partial charge in [-0.05, 0) is 36.8 Å². The van der Waals surface area contributed by atoms with Crippen LogP contribution in [0.25, 0.3) is 27.8 Å². The molecule has 0 saturated heterocycles. The lowest BCUT2D eigenvalue weighted by Crippen LogP contribution is -2.02. The summed E-state index contributed by atoms with van der Waals surface area (Å²) in [6, 6.07) is 17.3. The van der Waals surface area contributed by atoms with Crippen molar-refractivity contribution in [1.29, 1.82) is 0 Å². The summed E-state index contributed by atoms with van der Waals surface area (Å²) in [5.41, 5.74) is 5.26. The summed E-state index contributed by atoms with van der Waals surface area (Å²) in [6.07, 6.45) is 0. The number of aryl methyl sites for hydroxylation is 1. The molecule has 0 aliphatic carbocycles. The van der Waals surface area contributed by atoms with E-state index in [9.17, 15) is 4.79 Å². The summed E-state index contributed by atoms with van der Waals surface area (Å²) in [6.45, 7) is 2.10. The van der Waals surface area contributed by atoms with Crippen LogP contribution in [0.3, 0.4) is 0 Å². The Balaban J connectivity index is 1.90. The monoisotopic (exact) mass is 375 g/mol. The molecule has 2 aromatic carbocycles. The van der Waals surface area contributed by atoms with Crippen molar-refractivity contribution in [2.45, 2.75) is 13.5 Å². The number of hydrogen-bond donors (Lipinski definition) is 0. The van der Waals surface area contributed by atoms with Crippen molar-refractivity contribution in [3.63, 3.8) is 0 Å². The number of carbonyl (C=O) groups is 1. The fraction of sp³-hybridized carbons (Fsp3) is 0.0952. The van der Waals surface area contributed by atoms with Gasteiger partial charge in [0.1, 0.15) is 6.61 Å². The number of ether oxygens (including phenoxy) is 1. The van der Waals surface area contributed by atoms with Crippen molar-refractivity contribution in [3.05, 3.63) is 76.6 Å². The van der Waals surface area contributed by atoms with Crippen LogP contribution < -0.4 is 0 Å². The van der Waals surface area contributed by atoms with Crippen LogP contribution in [0.2, 0.25) is 5.02 Å². The van der Waals surface area contributed by atoms with Crippen molar-refractivity contribution < 1.29 is 9.53 Å². The van der Waals surface area contributed by atoms with E-state index in [-0.39, 0.29) is 12.6 Å². The number of nitrogens with zero attached hydrogens (tertiary/aromatic N) is 3. The molecule has 0 fully saturated rings. The Morgan fingerprint density at radius 1 is 1.04 bits per heavy atom. The number of halogens is 1. The molecule has 5 rings (SSSR count). The number of benzene rings is 2. The lowest BCUT2D eigenvalue weighted by atomic mass is 9.96. The SMILES string of the molecule is Cc1nn(-c2ccccc2)c2nc3c(c(-c4ccc(Cl)cc4)c12)C(=O)OC3. The highest BCUT2D eigenvalue weighted by atomic mass is 35.5. The molecule has 3 heterocycles. The van der Waals surface area contributed by atoms with Crippen LogP contribution in [0, 0.1) is 6.92 Å². The second-order valence-electron chi connectivity index (χ2n) is 6.42. The van der Waals surface area contributed by atoms with E-state index >= 15 is 0 Å². The van der Waals surface area contributed by atoms with E-state index in [2.05, 4.69) is 0 Å². The number of fused-ring (bicyclic) bond motifs is 2. The second-order valence-corrected chi connectivity index (χ2v) is 6.86. The van der Waals surface area contributed by atoms with Gasteiger partial charge in [0.05, 0.1) is 28.0 Å². The molecule has 0 spiro atoms. The van der Waals surface area contributed by atoms with E-state index in [1.54, 1.807) is 0 Å². The Hall–Kier alpha value is -3.18. The maximum absolute atomic E-state index is 12.4. The molecule has 0 unspecified atom stereocenters. The molecule has 0 bridgehead atoms. The van der Waals surface area contributed by atoms with Crippen LogP contribution in [-0.4, -0.2) is 20.7 Å². The first kappa shape index (κ1) is 16.0. The minimum absolute atomic E-state index is 0.170. The Kier molecular flexibility index (Phi) is 3.52. The number of cyclic esters (lactones) is 1. The van der Waals surface area contributed by atoms with Gasteiger partial charge in [-0.15, -0.1) is 0 Å². The van der Waals surface area contributed by atoms with Crippen LogP contribution >= 0.6 is 11.6 Å². The third-order valence-corrected chi connectivity index (χ3v) is 5.00. The maximum atomic E-state index is 12.4. The minimum atomic E-state index is -0.351. The smallest absolute Gasteiger partial charge is 0.341 e. The van der Waals surface area contributed by atoms with E-state index < -0.39 is 0 Å². The molecule has 0 radical (unpaired) electrons. The number of carbonyl (C=O) groups excluding carboxylic acids is 1. The highest BCUT2D eigenvalue weighted by Crippen LogP contribution is 2.38. The number of hydrogen-bond acceptors (Lipinski definition) is 4. The molecule has 1 aliphatic heterocycles. The van der Waals surface area contributed by atoms with Gasteiger partial charge in [-0.3, -0.25) is 0 Å². The van der Waals surface area contributed by atoms with E-state index in [1.165, 1.54) is 0 Å². The Bertz CT molecular complexity index is 1200. The molecule has 2 aromatic heterocycles. The molecule has 5 nitrogen and oxygen atoms in total. The Morgan fingerprint density at radius 3 is 2.52 bits per heavy atom. The van der Waals surface area contributed by atoms with Crippen LogP contribution in [0.4, 0.5) is 0 Å². The van der Waals surface area contributed by atoms with Gasteiger partial charge in [0, 0.05) is 10.6 Å². The second kappa shape index (κ2) is 5.93. The molecule has 0 amide bonds. The van der Waals surface area contributed by atoms with Crippen LogP contribution in [0.5, 0.6) is 0 Å². The highest BCUT2D eigenvalue weighted by molar-refractivity contribution is 6.30. The van der Waals surface area contributed by atoms with Crippen molar-refractivity contribution in [3.8, 4) is 16.8 Å². The molecule has 0 N–H and O–H groups in total. The van der Waals surface area contributed by atoms with Crippen molar-refractivity contribution in [1.82, 2.24) is 14.8 Å². The van der Waals surface area contributed by atoms with Gasteiger partial charge in [0.25, 0.3) is 0 Å². The van der Waals surface area contributed by atoms with E-state index in [0.717, 1.165) is 27.9 Å². The van der Waals surface area contributed by atoms with Gasteiger partial charge in [-0.1, -0.05) is 41.9 Å². The summed E-state index contributed by atoms with van der Waals surface area (Å²) in [4.78, 5) is 17.2. The first-order valence-electron chi connectivity index (χ1n) is 8.54. The first-order chi connectivity index (χ1) is 13.1. The first-order valence-corrected chi connectivity index (χ1v) is 8.92. The van der Waals surface area contributed by atoms with Crippen LogP contribution in [0.1, 0.15) is 21.7 Å². The minimum Gasteiger partial charge on any atom is -0.455 e. The maximum Gasteiger partial charge on any atom is 0.341 e. The molecule has 132 valence electrons. The topological polar surface area (TPSA) is 57.0 Å². The highest BCUT2D eigenvalue weighted by Gasteiger charge is 2.31. The van der Waals surface area contributed by atoms with Gasteiger partial charge in [-0.2, -0.15) is 5.10 Å². The Morgan fingerprint density at radius 2 is 1.78 bits per heavy atom. The predicted octanol–water partition coefficient (Wildman–Crippen LogP) is 4.72. The van der Waals surface area contributed by atoms with Crippen molar-refractivity contribution >= 4 is 28.6 Å². The van der Waals surface area contributed by atoms with Crippen molar-refractivity contribution in [2.24, 2.45) is 0 Å².